The van der Waals surface area contributed by atoms with Crippen LogP contribution in [0.1, 0.15) is 0 Å². The molecule has 0 saturated heterocycles. The van der Waals surface area contributed by atoms with Gasteiger partial charge in [0, 0.05) is 33.0 Å². The molecule has 0 aliphatic carbocycles. The van der Waals surface area contributed by atoms with Gasteiger partial charge in [-0.15, -0.1) is 0 Å². The van der Waals surface area contributed by atoms with Crippen molar-refractivity contribution in [2.45, 2.75) is 0 Å². The predicted octanol–water partition coefficient (Wildman–Crippen LogP) is 16.3. The van der Waals surface area contributed by atoms with Crippen molar-refractivity contribution >= 4 is 82.5 Å². The van der Waals surface area contributed by atoms with E-state index >= 15 is 0 Å². The minimum absolute atomic E-state index is 0.847. The van der Waals surface area contributed by atoms with Crippen LogP contribution in [0.2, 0.25) is 0 Å². The second-order valence-corrected chi connectivity index (χ2v) is 15.2. The maximum Gasteiger partial charge on any atom is 0.143 e. The number of nitrogens with zero attached hydrogens (tertiary/aromatic N) is 1. The van der Waals surface area contributed by atoms with E-state index < -0.39 is 0 Å². The van der Waals surface area contributed by atoms with Gasteiger partial charge in [-0.1, -0.05) is 170 Å². The number of anilines is 3. The molecule has 0 radical (unpaired) electrons. The van der Waals surface area contributed by atoms with Crippen molar-refractivity contribution in [2.24, 2.45) is 0 Å². The Labute approximate surface area is 340 Å². The molecule has 12 rings (SSSR count). The largest absolute Gasteiger partial charge is 0.456 e. The fraction of sp³-hybridized carbons (Fsp3) is 0. The van der Waals surface area contributed by atoms with Crippen LogP contribution in [0.25, 0.3) is 98.8 Å². The van der Waals surface area contributed by atoms with Gasteiger partial charge in [-0.2, -0.15) is 0 Å². The van der Waals surface area contributed by atoms with Crippen molar-refractivity contribution in [3.05, 3.63) is 212 Å². The maximum absolute atomic E-state index is 6.51. The lowest BCUT2D eigenvalue weighted by molar-refractivity contribution is 0.669. The van der Waals surface area contributed by atoms with Crippen LogP contribution < -0.4 is 4.90 Å². The number of para-hydroxylation sites is 3. The van der Waals surface area contributed by atoms with Crippen molar-refractivity contribution in [1.29, 1.82) is 0 Å². The topological polar surface area (TPSA) is 29.5 Å². The van der Waals surface area contributed by atoms with E-state index in [0.29, 0.717) is 0 Å². The van der Waals surface area contributed by atoms with E-state index in [1.165, 1.54) is 27.1 Å². The van der Waals surface area contributed by atoms with Crippen LogP contribution in [0.4, 0.5) is 17.1 Å². The average Bonchev–Trinajstić information content (AvgIpc) is 3.89. The molecule has 2 heterocycles. The van der Waals surface area contributed by atoms with E-state index in [1.807, 2.05) is 18.2 Å². The highest BCUT2D eigenvalue weighted by atomic mass is 16.3. The lowest BCUT2D eigenvalue weighted by atomic mass is 9.92. The number of benzene rings is 10. The summed E-state index contributed by atoms with van der Waals surface area (Å²) in [6.45, 7) is 0. The third kappa shape index (κ3) is 5.36. The summed E-state index contributed by atoms with van der Waals surface area (Å²) in [4.78, 5) is 2.42. The van der Waals surface area contributed by atoms with Crippen molar-refractivity contribution in [1.82, 2.24) is 0 Å². The Morgan fingerprint density at radius 1 is 0.305 bits per heavy atom. The summed E-state index contributed by atoms with van der Waals surface area (Å²) in [5.41, 5.74) is 13.4. The first-order valence-corrected chi connectivity index (χ1v) is 20.1. The summed E-state index contributed by atoms with van der Waals surface area (Å²) in [5.74, 6) is 0. The summed E-state index contributed by atoms with van der Waals surface area (Å²) in [7, 11) is 0. The van der Waals surface area contributed by atoms with Gasteiger partial charge in [-0.05, 0) is 86.3 Å². The lowest BCUT2D eigenvalue weighted by Gasteiger charge is -2.29. The van der Waals surface area contributed by atoms with Crippen molar-refractivity contribution in [3.63, 3.8) is 0 Å². The minimum Gasteiger partial charge on any atom is -0.456 e. The molecule has 3 heteroatoms. The Bertz CT molecular complexity index is 3560. The molecule has 12 aromatic rings. The highest BCUT2D eigenvalue weighted by Crippen LogP contribution is 2.48. The summed E-state index contributed by atoms with van der Waals surface area (Å²) in [6.07, 6.45) is 0. The fourth-order valence-corrected chi connectivity index (χ4v) is 9.15. The number of hydrogen-bond donors (Lipinski definition) is 0. The second kappa shape index (κ2) is 13.4. The zero-order chi connectivity index (χ0) is 38.9. The first-order valence-electron chi connectivity index (χ1n) is 20.1. The van der Waals surface area contributed by atoms with Crippen LogP contribution in [0.15, 0.2) is 221 Å². The molecule has 2 aromatic heterocycles. The van der Waals surface area contributed by atoms with E-state index in [1.54, 1.807) is 0 Å². The Balaban J connectivity index is 1.11. The van der Waals surface area contributed by atoms with Crippen LogP contribution in [-0.2, 0) is 0 Å². The molecule has 0 aliphatic rings. The minimum atomic E-state index is 0.847. The van der Waals surface area contributed by atoms with Crippen molar-refractivity contribution in [2.75, 3.05) is 4.90 Å². The SMILES string of the molecule is c1ccc(-c2ccc(-c3cccc4c3ccc3ccccc34)cc2N(c2ccc(-c3cccc4c3oc3ccccc34)cc2)c2cccc3oc4ccccc4c23)cc1. The normalized spacial score (nSPS) is 11.7. The first-order chi connectivity index (χ1) is 29.3. The Kier molecular flexibility index (Phi) is 7.54. The third-order valence-electron chi connectivity index (χ3n) is 11.9. The molecule has 0 spiro atoms. The first kappa shape index (κ1) is 33.3. The zero-order valence-corrected chi connectivity index (χ0v) is 32.0. The molecular formula is C56H35NO2. The standard InChI is InChI=1S/C56H35NO2/c1-2-13-36(14-3-1)43-33-30-39(42-19-10-21-45-41-16-5-4-15-37(41)29-34-46(42)45)35-51(43)57(50-23-12-26-54-55(50)49-18-7-9-25-53(49)58-54)40-31-27-38(28-32-40)44-20-11-22-48-47-17-6-8-24-52(47)59-56(44)48/h1-35H. The molecule has 0 saturated carbocycles. The van der Waals surface area contributed by atoms with E-state index in [2.05, 4.69) is 199 Å². The van der Waals surface area contributed by atoms with Gasteiger partial charge in [0.05, 0.1) is 16.8 Å². The zero-order valence-electron chi connectivity index (χ0n) is 32.0. The number of furan rings is 2. The molecular weight excluding hydrogens is 719 g/mol. The Morgan fingerprint density at radius 3 is 1.78 bits per heavy atom. The molecule has 0 fully saturated rings. The van der Waals surface area contributed by atoms with E-state index in [0.717, 1.165) is 88.8 Å². The molecule has 0 aliphatic heterocycles. The molecule has 0 bridgehead atoms. The van der Waals surface area contributed by atoms with Gasteiger partial charge in [0.25, 0.3) is 0 Å². The van der Waals surface area contributed by atoms with Crippen LogP contribution in [0.5, 0.6) is 0 Å². The molecule has 276 valence electrons. The quantitative estimate of drug-likeness (QED) is 0.158. The van der Waals surface area contributed by atoms with Crippen LogP contribution in [0.3, 0.4) is 0 Å². The summed E-state index contributed by atoms with van der Waals surface area (Å²) >= 11 is 0. The van der Waals surface area contributed by atoms with Crippen LogP contribution >= 0.6 is 0 Å². The van der Waals surface area contributed by atoms with Gasteiger partial charge >= 0.3 is 0 Å². The smallest absolute Gasteiger partial charge is 0.143 e. The van der Waals surface area contributed by atoms with E-state index in [9.17, 15) is 0 Å². The molecule has 0 N–H and O–H groups in total. The second-order valence-electron chi connectivity index (χ2n) is 15.2. The number of fused-ring (bicyclic) bond motifs is 9. The van der Waals surface area contributed by atoms with Gasteiger partial charge in [-0.3, -0.25) is 0 Å². The molecule has 0 amide bonds. The van der Waals surface area contributed by atoms with Gasteiger partial charge in [0.1, 0.15) is 22.3 Å². The van der Waals surface area contributed by atoms with Gasteiger partial charge in [-0.25, -0.2) is 0 Å². The molecule has 59 heavy (non-hydrogen) atoms. The highest BCUT2D eigenvalue weighted by molar-refractivity contribution is 6.15. The average molecular weight is 754 g/mol. The van der Waals surface area contributed by atoms with Gasteiger partial charge in [0.15, 0.2) is 0 Å². The Morgan fingerprint density at radius 2 is 0.932 bits per heavy atom. The summed E-state index contributed by atoms with van der Waals surface area (Å²) in [6, 6.07) is 75.8. The van der Waals surface area contributed by atoms with E-state index in [-0.39, 0.29) is 0 Å². The molecule has 0 atom stereocenters. The fourth-order valence-electron chi connectivity index (χ4n) is 9.15. The van der Waals surface area contributed by atoms with Crippen LogP contribution in [-0.4, -0.2) is 0 Å². The molecule has 0 unspecified atom stereocenters. The van der Waals surface area contributed by atoms with Crippen molar-refractivity contribution < 1.29 is 8.83 Å². The Hall–Kier alpha value is -7.88. The highest BCUT2D eigenvalue weighted by Gasteiger charge is 2.23. The summed E-state index contributed by atoms with van der Waals surface area (Å²) < 4.78 is 13.0. The van der Waals surface area contributed by atoms with Gasteiger partial charge in [0.2, 0.25) is 0 Å². The maximum atomic E-state index is 6.51. The molecule has 10 aromatic carbocycles. The summed E-state index contributed by atoms with van der Waals surface area (Å²) in [5, 5.41) is 9.36. The number of hydrogen-bond acceptors (Lipinski definition) is 3. The van der Waals surface area contributed by atoms with Crippen LogP contribution in [0, 0.1) is 0 Å². The monoisotopic (exact) mass is 753 g/mol. The third-order valence-corrected chi connectivity index (χ3v) is 11.9. The lowest BCUT2D eigenvalue weighted by Crippen LogP contribution is -2.12. The van der Waals surface area contributed by atoms with Crippen molar-refractivity contribution in [3.8, 4) is 33.4 Å². The number of rotatable bonds is 6. The predicted molar refractivity (Wildman–Crippen MR) is 247 cm³/mol. The van der Waals surface area contributed by atoms with E-state index in [4.69, 9.17) is 8.83 Å². The van der Waals surface area contributed by atoms with Gasteiger partial charge < -0.3 is 13.7 Å². The molecule has 3 nitrogen and oxygen atoms in total.